The fourth-order valence-corrected chi connectivity index (χ4v) is 5.35. The van der Waals surface area contributed by atoms with Gasteiger partial charge in [-0.25, -0.2) is 13.2 Å². The zero-order valence-electron chi connectivity index (χ0n) is 12.6. The minimum atomic E-state index is -3.53. The van der Waals surface area contributed by atoms with Crippen LogP contribution in [0.25, 0.3) is 0 Å². The largest absolute Gasteiger partial charge is 0.336 e. The quantitative estimate of drug-likeness (QED) is 0.892. The normalized spacial score (nSPS) is 17.5. The van der Waals surface area contributed by atoms with Crippen LogP contribution in [0.4, 0.5) is 4.79 Å². The number of hydrogen-bond donors (Lipinski definition) is 1. The van der Waals surface area contributed by atoms with E-state index in [1.54, 1.807) is 11.0 Å². The first-order valence-electron chi connectivity index (χ1n) is 7.11. The van der Waals surface area contributed by atoms with E-state index in [0.717, 1.165) is 11.3 Å². The zero-order chi connectivity index (χ0) is 16.3. The highest BCUT2D eigenvalue weighted by Gasteiger charge is 2.29. The first-order valence-corrected chi connectivity index (χ1v) is 9.75. The number of hydrogen-bond acceptors (Lipinski definition) is 4. The highest BCUT2D eigenvalue weighted by atomic mass is 35.5. The van der Waals surface area contributed by atoms with Crippen LogP contribution in [0.15, 0.2) is 16.3 Å². The summed E-state index contributed by atoms with van der Waals surface area (Å²) in [5, 5.41) is 2.83. The van der Waals surface area contributed by atoms with E-state index in [9.17, 15) is 13.2 Å². The molecule has 0 spiro atoms. The van der Waals surface area contributed by atoms with Gasteiger partial charge in [0.25, 0.3) is 10.0 Å². The summed E-state index contributed by atoms with van der Waals surface area (Å²) in [5.41, 5.74) is 0. The number of carbonyl (C=O) groups is 1. The minimum Gasteiger partial charge on any atom is -0.336 e. The summed E-state index contributed by atoms with van der Waals surface area (Å²) in [4.78, 5) is 13.7. The summed E-state index contributed by atoms with van der Waals surface area (Å²) in [6.07, 6.45) is 0.615. The maximum Gasteiger partial charge on any atom is 0.317 e. The molecule has 6 nitrogen and oxygen atoms in total. The first-order chi connectivity index (χ1) is 10.3. The molecule has 2 heterocycles. The predicted molar refractivity (Wildman–Crippen MR) is 87.9 cm³/mol. The zero-order valence-corrected chi connectivity index (χ0v) is 15.0. The maximum atomic E-state index is 12.6. The Labute approximate surface area is 140 Å². The number of sulfonamides is 1. The van der Waals surface area contributed by atoms with Crippen molar-refractivity contribution < 1.29 is 13.2 Å². The van der Waals surface area contributed by atoms with Crippen molar-refractivity contribution in [1.29, 1.82) is 0 Å². The van der Waals surface area contributed by atoms with Crippen LogP contribution in [-0.2, 0) is 10.0 Å². The van der Waals surface area contributed by atoms with E-state index in [2.05, 4.69) is 5.32 Å². The molecule has 0 saturated carbocycles. The molecule has 1 N–H and O–H groups in total. The monoisotopic (exact) mass is 365 g/mol. The number of halogens is 1. The number of rotatable bonds is 3. The number of thiophene rings is 1. The van der Waals surface area contributed by atoms with Crippen molar-refractivity contribution in [2.45, 2.75) is 30.5 Å². The van der Waals surface area contributed by atoms with E-state index >= 15 is 0 Å². The molecule has 2 rings (SSSR count). The summed E-state index contributed by atoms with van der Waals surface area (Å²) in [5.74, 6) is 0. The molecular formula is C13H20ClN3O3S2. The van der Waals surface area contributed by atoms with E-state index in [1.165, 1.54) is 10.4 Å². The average Bonchev–Trinajstić information content (AvgIpc) is 2.73. The Bertz CT molecular complexity index is 630. The van der Waals surface area contributed by atoms with Gasteiger partial charge in [0.15, 0.2) is 0 Å². The van der Waals surface area contributed by atoms with Crippen LogP contribution in [0.3, 0.4) is 0 Å². The highest BCUT2D eigenvalue weighted by molar-refractivity contribution is 7.91. The van der Waals surface area contributed by atoms with E-state index in [-0.39, 0.29) is 16.3 Å². The van der Waals surface area contributed by atoms with Crippen LogP contribution in [0.5, 0.6) is 0 Å². The van der Waals surface area contributed by atoms with Crippen molar-refractivity contribution in [3.05, 3.63) is 16.5 Å². The third-order valence-corrected chi connectivity index (χ3v) is 6.89. The van der Waals surface area contributed by atoms with Crippen molar-refractivity contribution in [1.82, 2.24) is 14.5 Å². The topological polar surface area (TPSA) is 69.7 Å². The Balaban J connectivity index is 2.05. The number of nitrogens with zero attached hydrogens (tertiary/aromatic N) is 2. The molecule has 1 fully saturated rings. The van der Waals surface area contributed by atoms with Crippen LogP contribution >= 0.6 is 22.9 Å². The molecule has 22 heavy (non-hydrogen) atoms. The molecule has 2 amide bonds. The van der Waals surface area contributed by atoms with Gasteiger partial charge < -0.3 is 10.2 Å². The van der Waals surface area contributed by atoms with Crippen LogP contribution < -0.4 is 5.32 Å². The third kappa shape index (κ3) is 4.13. The molecule has 1 aliphatic rings. The maximum absolute atomic E-state index is 12.6. The Kier molecular flexibility index (Phi) is 5.70. The average molecular weight is 366 g/mol. The van der Waals surface area contributed by atoms with E-state index in [4.69, 9.17) is 11.6 Å². The van der Waals surface area contributed by atoms with Crippen LogP contribution in [-0.4, -0.2) is 55.9 Å². The van der Waals surface area contributed by atoms with E-state index < -0.39 is 10.0 Å². The molecule has 1 aromatic heterocycles. The van der Waals surface area contributed by atoms with Crippen LogP contribution in [0.2, 0.25) is 4.34 Å². The summed E-state index contributed by atoms with van der Waals surface area (Å²) < 4.78 is 27.3. The number of urea groups is 1. The minimum absolute atomic E-state index is 0.0591. The van der Waals surface area contributed by atoms with E-state index in [0.29, 0.717) is 36.9 Å². The Morgan fingerprint density at radius 2 is 2.00 bits per heavy atom. The Morgan fingerprint density at radius 3 is 2.59 bits per heavy atom. The summed E-state index contributed by atoms with van der Waals surface area (Å²) in [6, 6.07) is 3.02. The summed E-state index contributed by atoms with van der Waals surface area (Å²) >= 11 is 6.88. The lowest BCUT2D eigenvalue weighted by Gasteiger charge is -2.23. The fourth-order valence-electron chi connectivity index (χ4n) is 2.24. The molecule has 0 unspecified atom stereocenters. The van der Waals surface area contributed by atoms with Crippen molar-refractivity contribution >= 4 is 39.0 Å². The van der Waals surface area contributed by atoms with Gasteiger partial charge in [0, 0.05) is 32.2 Å². The molecule has 0 aliphatic carbocycles. The van der Waals surface area contributed by atoms with Crippen molar-refractivity contribution in [2.75, 3.05) is 26.2 Å². The molecule has 1 aliphatic heterocycles. The molecule has 1 saturated heterocycles. The lowest BCUT2D eigenvalue weighted by Crippen LogP contribution is -2.44. The van der Waals surface area contributed by atoms with Crippen LogP contribution in [0.1, 0.15) is 20.3 Å². The standard InChI is InChI=1S/C13H20ClN3O3S2/c1-10(2)15-13(18)16-6-3-7-17(9-8-16)22(19,20)12-5-4-11(14)21-12/h4-5,10H,3,6-9H2,1-2H3,(H,15,18). The van der Waals surface area contributed by atoms with Crippen molar-refractivity contribution in [3.8, 4) is 0 Å². The number of carbonyl (C=O) groups excluding carboxylic acids is 1. The second-order valence-electron chi connectivity index (χ2n) is 5.41. The molecular weight excluding hydrogens is 346 g/mol. The fraction of sp³-hybridized carbons (Fsp3) is 0.615. The van der Waals surface area contributed by atoms with Gasteiger partial charge >= 0.3 is 6.03 Å². The molecule has 0 atom stereocenters. The Hall–Kier alpha value is -0.830. The second kappa shape index (κ2) is 7.16. The molecule has 0 bridgehead atoms. The van der Waals surface area contributed by atoms with Gasteiger partial charge in [-0.3, -0.25) is 0 Å². The molecule has 9 heteroatoms. The first kappa shape index (κ1) is 17.5. The van der Waals surface area contributed by atoms with Gasteiger partial charge in [-0.2, -0.15) is 4.31 Å². The van der Waals surface area contributed by atoms with Gasteiger partial charge in [-0.05, 0) is 32.4 Å². The van der Waals surface area contributed by atoms with Crippen molar-refractivity contribution in [3.63, 3.8) is 0 Å². The van der Waals surface area contributed by atoms with Gasteiger partial charge in [0.05, 0.1) is 4.34 Å². The lowest BCUT2D eigenvalue weighted by molar-refractivity contribution is 0.198. The lowest BCUT2D eigenvalue weighted by atomic mass is 10.4. The van der Waals surface area contributed by atoms with E-state index in [1.807, 2.05) is 13.8 Å². The Morgan fingerprint density at radius 1 is 1.27 bits per heavy atom. The number of amides is 2. The third-order valence-electron chi connectivity index (χ3n) is 3.30. The highest BCUT2D eigenvalue weighted by Crippen LogP contribution is 2.28. The molecule has 0 radical (unpaired) electrons. The number of nitrogens with one attached hydrogen (secondary N) is 1. The van der Waals surface area contributed by atoms with Gasteiger partial charge in [-0.15, -0.1) is 11.3 Å². The molecule has 1 aromatic rings. The predicted octanol–water partition coefficient (Wildman–Crippen LogP) is 2.22. The second-order valence-corrected chi connectivity index (χ2v) is 9.29. The van der Waals surface area contributed by atoms with Gasteiger partial charge in [-0.1, -0.05) is 11.6 Å². The van der Waals surface area contributed by atoms with Crippen molar-refractivity contribution in [2.24, 2.45) is 0 Å². The summed E-state index contributed by atoms with van der Waals surface area (Å²) in [6.45, 7) is 5.43. The van der Waals surface area contributed by atoms with Gasteiger partial charge in [0.2, 0.25) is 0 Å². The van der Waals surface area contributed by atoms with Gasteiger partial charge in [0.1, 0.15) is 4.21 Å². The molecule has 124 valence electrons. The summed E-state index contributed by atoms with van der Waals surface area (Å²) in [7, 11) is -3.53. The SMILES string of the molecule is CC(C)NC(=O)N1CCCN(S(=O)(=O)c2ccc(Cl)s2)CC1. The smallest absolute Gasteiger partial charge is 0.317 e. The molecule has 0 aromatic carbocycles. The van der Waals surface area contributed by atoms with Crippen LogP contribution in [0, 0.1) is 0 Å².